The van der Waals surface area contributed by atoms with Gasteiger partial charge in [0.1, 0.15) is 5.69 Å². The standard InChI is InChI=1S/C15H21N5O2/c1-10(2)13(21)6-8-17-15(22)19-12-9-18-20-14(12)11-5-3-4-7-16-11/h3-5,7,9-10,13,21H,6,8H2,1-2H3,(H,18,20)(H2,17,19,22). The van der Waals surface area contributed by atoms with Crippen molar-refractivity contribution >= 4 is 11.7 Å². The molecule has 4 N–H and O–H groups in total. The normalized spacial score (nSPS) is 12.2. The number of urea groups is 1. The number of nitrogens with one attached hydrogen (secondary N) is 3. The van der Waals surface area contributed by atoms with Gasteiger partial charge < -0.3 is 15.7 Å². The van der Waals surface area contributed by atoms with Gasteiger partial charge in [-0.1, -0.05) is 19.9 Å². The summed E-state index contributed by atoms with van der Waals surface area (Å²) in [4.78, 5) is 16.1. The van der Waals surface area contributed by atoms with E-state index in [1.54, 1.807) is 6.20 Å². The number of carbonyl (C=O) groups is 1. The van der Waals surface area contributed by atoms with Crippen molar-refractivity contribution in [1.29, 1.82) is 0 Å². The van der Waals surface area contributed by atoms with Crippen molar-refractivity contribution in [3.8, 4) is 11.4 Å². The number of H-pyrrole nitrogens is 1. The van der Waals surface area contributed by atoms with Crippen LogP contribution in [0.4, 0.5) is 10.5 Å². The van der Waals surface area contributed by atoms with Crippen molar-refractivity contribution in [3.05, 3.63) is 30.6 Å². The predicted molar refractivity (Wildman–Crippen MR) is 84.3 cm³/mol. The monoisotopic (exact) mass is 303 g/mol. The molecule has 2 aromatic heterocycles. The van der Waals surface area contributed by atoms with Crippen molar-refractivity contribution in [2.75, 3.05) is 11.9 Å². The minimum Gasteiger partial charge on any atom is -0.393 e. The fourth-order valence-electron chi connectivity index (χ4n) is 1.92. The summed E-state index contributed by atoms with van der Waals surface area (Å²) in [7, 11) is 0. The molecular weight excluding hydrogens is 282 g/mol. The summed E-state index contributed by atoms with van der Waals surface area (Å²) < 4.78 is 0. The quantitative estimate of drug-likeness (QED) is 0.655. The number of nitrogens with zero attached hydrogens (tertiary/aromatic N) is 2. The Morgan fingerprint density at radius 3 is 2.91 bits per heavy atom. The van der Waals surface area contributed by atoms with Gasteiger partial charge in [0.05, 0.1) is 23.7 Å². The van der Waals surface area contributed by atoms with Crippen LogP contribution in [0, 0.1) is 5.92 Å². The van der Waals surface area contributed by atoms with Crippen molar-refractivity contribution in [2.24, 2.45) is 5.92 Å². The zero-order valence-electron chi connectivity index (χ0n) is 12.7. The maximum Gasteiger partial charge on any atom is 0.319 e. The Kier molecular flexibility index (Phi) is 5.48. The van der Waals surface area contributed by atoms with Crippen molar-refractivity contribution in [3.63, 3.8) is 0 Å². The molecule has 7 nitrogen and oxygen atoms in total. The number of hydrogen-bond acceptors (Lipinski definition) is 4. The fraction of sp³-hybridized carbons (Fsp3) is 0.400. The third-order valence-corrected chi connectivity index (χ3v) is 3.30. The van der Waals surface area contributed by atoms with Gasteiger partial charge in [0.2, 0.25) is 0 Å². The van der Waals surface area contributed by atoms with E-state index in [9.17, 15) is 9.90 Å². The molecule has 22 heavy (non-hydrogen) atoms. The summed E-state index contributed by atoms with van der Waals surface area (Å²) in [6, 6.07) is 5.17. The van der Waals surface area contributed by atoms with E-state index in [-0.39, 0.29) is 11.9 Å². The summed E-state index contributed by atoms with van der Waals surface area (Å²) in [5, 5.41) is 21.9. The Labute approximate surface area is 129 Å². The number of anilines is 1. The van der Waals surface area contributed by atoms with E-state index in [4.69, 9.17) is 0 Å². The second-order valence-corrected chi connectivity index (χ2v) is 5.35. The first kappa shape index (κ1) is 16.0. The molecule has 0 fully saturated rings. The van der Waals surface area contributed by atoms with E-state index >= 15 is 0 Å². The lowest BCUT2D eigenvalue weighted by Crippen LogP contribution is -2.32. The summed E-state index contributed by atoms with van der Waals surface area (Å²) in [5.74, 6) is 0.175. The molecule has 0 aliphatic rings. The van der Waals surface area contributed by atoms with Gasteiger partial charge in [-0.05, 0) is 24.5 Å². The molecule has 1 unspecified atom stereocenters. The highest BCUT2D eigenvalue weighted by atomic mass is 16.3. The molecule has 7 heteroatoms. The fourth-order valence-corrected chi connectivity index (χ4v) is 1.92. The van der Waals surface area contributed by atoms with Gasteiger partial charge in [-0.3, -0.25) is 10.1 Å². The van der Waals surface area contributed by atoms with Crippen LogP contribution < -0.4 is 10.6 Å². The first-order valence-electron chi connectivity index (χ1n) is 7.25. The molecule has 2 amide bonds. The van der Waals surface area contributed by atoms with Gasteiger partial charge in [0.25, 0.3) is 0 Å². The van der Waals surface area contributed by atoms with Crippen LogP contribution in [0.1, 0.15) is 20.3 Å². The highest BCUT2D eigenvalue weighted by Crippen LogP contribution is 2.22. The third-order valence-electron chi connectivity index (χ3n) is 3.30. The van der Waals surface area contributed by atoms with Gasteiger partial charge in [-0.25, -0.2) is 4.79 Å². The van der Waals surface area contributed by atoms with Crippen LogP contribution in [0.5, 0.6) is 0 Å². The average Bonchev–Trinajstić information content (AvgIpc) is 2.96. The van der Waals surface area contributed by atoms with Gasteiger partial charge in [0.15, 0.2) is 0 Å². The summed E-state index contributed by atoms with van der Waals surface area (Å²) in [5.41, 5.74) is 1.91. The topological polar surface area (TPSA) is 103 Å². The number of rotatable bonds is 6. The number of pyridine rings is 1. The number of hydrogen-bond donors (Lipinski definition) is 4. The first-order valence-corrected chi connectivity index (χ1v) is 7.25. The summed E-state index contributed by atoms with van der Waals surface area (Å²) in [6.07, 6.45) is 3.31. The molecule has 2 aromatic rings. The Bertz CT molecular complexity index is 597. The Hall–Kier alpha value is -2.41. The maximum absolute atomic E-state index is 11.9. The smallest absolute Gasteiger partial charge is 0.319 e. The molecule has 0 aromatic carbocycles. The second kappa shape index (κ2) is 7.56. The SMILES string of the molecule is CC(C)C(O)CCNC(=O)Nc1cn[nH]c1-c1ccccn1. The van der Waals surface area contributed by atoms with Crippen molar-refractivity contribution in [1.82, 2.24) is 20.5 Å². The minimum atomic E-state index is -0.418. The second-order valence-electron chi connectivity index (χ2n) is 5.35. The number of carbonyl (C=O) groups excluding carboxylic acids is 1. The van der Waals surface area contributed by atoms with Crippen molar-refractivity contribution in [2.45, 2.75) is 26.4 Å². The van der Waals surface area contributed by atoms with E-state index in [1.807, 2.05) is 32.0 Å². The molecule has 0 saturated heterocycles. The molecule has 2 rings (SSSR count). The molecule has 0 aliphatic carbocycles. The molecule has 0 spiro atoms. The van der Waals surface area contributed by atoms with Crippen LogP contribution in [0.2, 0.25) is 0 Å². The van der Waals surface area contributed by atoms with E-state index in [2.05, 4.69) is 25.8 Å². The van der Waals surface area contributed by atoms with Gasteiger partial charge in [-0.2, -0.15) is 5.10 Å². The van der Waals surface area contributed by atoms with Crippen LogP contribution in [0.15, 0.2) is 30.6 Å². The number of aromatic nitrogens is 3. The molecule has 2 heterocycles. The van der Waals surface area contributed by atoms with E-state index in [0.29, 0.717) is 30.0 Å². The molecule has 0 radical (unpaired) electrons. The Morgan fingerprint density at radius 1 is 1.41 bits per heavy atom. The van der Waals surface area contributed by atoms with E-state index in [0.717, 1.165) is 0 Å². The lowest BCUT2D eigenvalue weighted by Gasteiger charge is -2.14. The zero-order valence-corrected chi connectivity index (χ0v) is 12.7. The van der Waals surface area contributed by atoms with Crippen LogP contribution >= 0.6 is 0 Å². The van der Waals surface area contributed by atoms with Crippen LogP contribution in [0.25, 0.3) is 11.4 Å². The van der Waals surface area contributed by atoms with Crippen LogP contribution in [-0.4, -0.2) is 39.0 Å². The number of aliphatic hydroxyl groups excluding tert-OH is 1. The zero-order chi connectivity index (χ0) is 15.9. The van der Waals surface area contributed by atoms with Gasteiger partial charge in [0, 0.05) is 12.7 Å². The minimum absolute atomic E-state index is 0.175. The van der Waals surface area contributed by atoms with Gasteiger partial charge >= 0.3 is 6.03 Å². The average molecular weight is 303 g/mol. The molecule has 118 valence electrons. The molecule has 0 saturated carbocycles. The molecular formula is C15H21N5O2. The highest BCUT2D eigenvalue weighted by Gasteiger charge is 2.12. The number of aromatic amines is 1. The van der Waals surface area contributed by atoms with Crippen LogP contribution in [-0.2, 0) is 0 Å². The summed E-state index contributed by atoms with van der Waals surface area (Å²) >= 11 is 0. The third kappa shape index (κ3) is 4.29. The first-order chi connectivity index (χ1) is 10.6. The summed E-state index contributed by atoms with van der Waals surface area (Å²) in [6.45, 7) is 4.28. The van der Waals surface area contributed by atoms with Crippen molar-refractivity contribution < 1.29 is 9.90 Å². The van der Waals surface area contributed by atoms with Crippen LogP contribution in [0.3, 0.4) is 0 Å². The highest BCUT2D eigenvalue weighted by molar-refractivity contribution is 5.92. The Morgan fingerprint density at radius 2 is 2.23 bits per heavy atom. The predicted octanol–water partition coefficient (Wildman–Crippen LogP) is 2.00. The lowest BCUT2D eigenvalue weighted by molar-refractivity contribution is 0.117. The van der Waals surface area contributed by atoms with Gasteiger partial charge in [-0.15, -0.1) is 0 Å². The number of aliphatic hydroxyl groups is 1. The Balaban J connectivity index is 1.89. The maximum atomic E-state index is 11.9. The molecule has 1 atom stereocenters. The van der Waals surface area contributed by atoms with E-state index < -0.39 is 6.10 Å². The molecule has 0 bridgehead atoms. The molecule has 0 aliphatic heterocycles. The lowest BCUT2D eigenvalue weighted by atomic mass is 10.0. The number of amides is 2. The largest absolute Gasteiger partial charge is 0.393 e. The van der Waals surface area contributed by atoms with E-state index in [1.165, 1.54) is 6.20 Å².